The molecule has 8 heteroatoms. The minimum Gasteiger partial charge on any atom is -0.444 e. The molecule has 0 aliphatic heterocycles. The maximum absolute atomic E-state index is 13.2. The molecule has 34 heavy (non-hydrogen) atoms. The number of aryl methyl sites for hydroxylation is 2. The van der Waals surface area contributed by atoms with Crippen molar-refractivity contribution in [3.05, 3.63) is 95.1 Å². The molecule has 1 fully saturated rings. The van der Waals surface area contributed by atoms with Crippen molar-refractivity contribution in [1.82, 2.24) is 4.72 Å². The fraction of sp³-hybridized carbons (Fsp3) is 0.231. The van der Waals surface area contributed by atoms with Gasteiger partial charge in [-0.3, -0.25) is 4.79 Å². The monoisotopic (exact) mass is 478 g/mol. The van der Waals surface area contributed by atoms with E-state index < -0.39 is 28.0 Å². The van der Waals surface area contributed by atoms with Gasteiger partial charge in [0, 0.05) is 17.3 Å². The third kappa shape index (κ3) is 5.70. The molecule has 0 aromatic heterocycles. The molecule has 0 bridgehead atoms. The molecule has 4 rings (SSSR count). The van der Waals surface area contributed by atoms with E-state index in [1.54, 1.807) is 30.3 Å². The molecular formula is C26H26N2O5S. The second-order valence-corrected chi connectivity index (χ2v) is 10.1. The molecule has 1 aliphatic carbocycles. The maximum Gasteiger partial charge on any atom is 0.339 e. The molecule has 7 nitrogen and oxygen atoms in total. The Morgan fingerprint density at radius 2 is 1.68 bits per heavy atom. The van der Waals surface area contributed by atoms with Crippen molar-refractivity contribution in [2.75, 3.05) is 5.32 Å². The number of benzene rings is 3. The number of rotatable bonds is 8. The summed E-state index contributed by atoms with van der Waals surface area (Å²) < 4.78 is 33.3. The van der Waals surface area contributed by atoms with Crippen LogP contribution in [0.3, 0.4) is 0 Å². The lowest BCUT2D eigenvalue weighted by molar-refractivity contribution is -0.125. The number of sulfonamides is 1. The van der Waals surface area contributed by atoms with E-state index in [2.05, 4.69) is 10.0 Å². The lowest BCUT2D eigenvalue weighted by atomic mass is 10.1. The van der Waals surface area contributed by atoms with Crippen LogP contribution in [0.2, 0.25) is 0 Å². The van der Waals surface area contributed by atoms with Gasteiger partial charge in [-0.25, -0.2) is 17.9 Å². The first-order chi connectivity index (χ1) is 16.2. The van der Waals surface area contributed by atoms with Gasteiger partial charge in [0.05, 0.1) is 10.5 Å². The SMILES string of the molecule is Cc1ccc(C)c(NC(=O)C(OC(=O)c2cccc(S(=O)(=O)NC3CC3)c2)c2ccccc2)c1. The normalized spacial score (nSPS) is 14.3. The van der Waals surface area contributed by atoms with Gasteiger partial charge in [0.25, 0.3) is 5.91 Å². The quantitative estimate of drug-likeness (QED) is 0.471. The third-order valence-electron chi connectivity index (χ3n) is 5.50. The predicted molar refractivity (Wildman–Crippen MR) is 129 cm³/mol. The van der Waals surface area contributed by atoms with Crippen LogP contribution >= 0.6 is 0 Å². The van der Waals surface area contributed by atoms with E-state index in [1.807, 2.05) is 32.0 Å². The molecule has 2 N–H and O–H groups in total. The van der Waals surface area contributed by atoms with Gasteiger partial charge in [-0.05, 0) is 62.1 Å². The smallest absolute Gasteiger partial charge is 0.339 e. The van der Waals surface area contributed by atoms with Crippen molar-refractivity contribution in [2.45, 2.75) is 43.7 Å². The molecular weight excluding hydrogens is 452 g/mol. The molecule has 1 atom stereocenters. The number of ether oxygens (including phenoxy) is 1. The lowest BCUT2D eigenvalue weighted by Crippen LogP contribution is -2.27. The molecule has 0 radical (unpaired) electrons. The number of hydrogen-bond acceptors (Lipinski definition) is 5. The van der Waals surface area contributed by atoms with Crippen LogP contribution in [-0.4, -0.2) is 26.3 Å². The zero-order valence-electron chi connectivity index (χ0n) is 18.9. The Balaban J connectivity index is 1.58. The van der Waals surface area contributed by atoms with Crippen molar-refractivity contribution in [2.24, 2.45) is 0 Å². The Morgan fingerprint density at radius 1 is 0.941 bits per heavy atom. The second kappa shape index (κ2) is 9.79. The average molecular weight is 479 g/mol. The Bertz CT molecular complexity index is 1320. The van der Waals surface area contributed by atoms with Gasteiger partial charge in [0.1, 0.15) is 0 Å². The van der Waals surface area contributed by atoms with Gasteiger partial charge in [-0.1, -0.05) is 48.5 Å². The Labute approximate surface area is 199 Å². The van der Waals surface area contributed by atoms with Crippen molar-refractivity contribution in [1.29, 1.82) is 0 Å². The van der Waals surface area contributed by atoms with E-state index in [0.29, 0.717) is 11.3 Å². The average Bonchev–Trinajstić information content (AvgIpc) is 3.63. The first-order valence-corrected chi connectivity index (χ1v) is 12.5. The van der Waals surface area contributed by atoms with Crippen molar-refractivity contribution >= 4 is 27.6 Å². The summed E-state index contributed by atoms with van der Waals surface area (Å²) in [5.41, 5.74) is 3.02. The zero-order chi connectivity index (χ0) is 24.3. The summed E-state index contributed by atoms with van der Waals surface area (Å²) in [5.74, 6) is -1.30. The summed E-state index contributed by atoms with van der Waals surface area (Å²) in [4.78, 5) is 26.2. The van der Waals surface area contributed by atoms with Gasteiger partial charge < -0.3 is 10.1 Å². The molecule has 1 aliphatic rings. The van der Waals surface area contributed by atoms with Gasteiger partial charge in [-0.2, -0.15) is 0 Å². The summed E-state index contributed by atoms with van der Waals surface area (Å²) in [7, 11) is -3.74. The van der Waals surface area contributed by atoms with Crippen LogP contribution in [0.15, 0.2) is 77.7 Å². The summed E-state index contributed by atoms with van der Waals surface area (Å²) in [6.07, 6.45) is 0.378. The standard InChI is InChI=1S/C26H26N2O5S/c1-17-11-12-18(2)23(15-17)27-25(29)24(19-7-4-3-5-8-19)33-26(30)20-9-6-10-22(16-20)34(31,32)28-21-13-14-21/h3-12,15-16,21,24,28H,13-14H2,1-2H3,(H,27,29). The topological polar surface area (TPSA) is 102 Å². The summed E-state index contributed by atoms with van der Waals surface area (Å²) in [6.45, 7) is 3.79. The first kappa shape index (κ1) is 23.7. The van der Waals surface area contributed by atoms with Crippen molar-refractivity contribution in [3.63, 3.8) is 0 Å². The van der Waals surface area contributed by atoms with E-state index in [0.717, 1.165) is 24.0 Å². The second-order valence-electron chi connectivity index (χ2n) is 8.43. The number of hydrogen-bond donors (Lipinski definition) is 2. The molecule has 0 saturated heterocycles. The number of nitrogens with one attached hydrogen (secondary N) is 2. The number of carbonyl (C=O) groups is 2. The fourth-order valence-corrected chi connectivity index (χ4v) is 4.77. The first-order valence-electron chi connectivity index (χ1n) is 11.0. The molecule has 3 aromatic carbocycles. The zero-order valence-corrected chi connectivity index (χ0v) is 19.8. The van der Waals surface area contributed by atoms with Crippen LogP contribution in [0.1, 0.15) is 46.0 Å². The predicted octanol–water partition coefficient (Wildman–Crippen LogP) is 4.28. The molecule has 0 spiro atoms. The molecule has 1 saturated carbocycles. The minimum absolute atomic E-state index is 0.0232. The van der Waals surface area contributed by atoms with Crippen LogP contribution in [0.4, 0.5) is 5.69 Å². The Hall–Kier alpha value is -3.49. The fourth-order valence-electron chi connectivity index (χ4n) is 3.42. The molecule has 1 unspecified atom stereocenters. The number of anilines is 1. The summed E-state index contributed by atoms with van der Waals surface area (Å²) >= 11 is 0. The molecule has 1 amide bonds. The highest BCUT2D eigenvalue weighted by Gasteiger charge is 2.29. The van der Waals surface area contributed by atoms with Crippen LogP contribution in [0, 0.1) is 13.8 Å². The third-order valence-corrected chi connectivity index (χ3v) is 7.01. The van der Waals surface area contributed by atoms with E-state index in [9.17, 15) is 18.0 Å². The highest BCUT2D eigenvalue weighted by molar-refractivity contribution is 7.89. The van der Waals surface area contributed by atoms with Crippen LogP contribution in [0.25, 0.3) is 0 Å². The van der Waals surface area contributed by atoms with E-state index in [4.69, 9.17) is 4.74 Å². The summed E-state index contributed by atoms with van der Waals surface area (Å²) in [6, 6.07) is 19.9. The molecule has 3 aromatic rings. The number of amides is 1. The highest BCUT2D eigenvalue weighted by atomic mass is 32.2. The van der Waals surface area contributed by atoms with Crippen LogP contribution in [0.5, 0.6) is 0 Å². The van der Waals surface area contributed by atoms with E-state index in [1.165, 1.54) is 24.3 Å². The van der Waals surface area contributed by atoms with Crippen molar-refractivity contribution < 1.29 is 22.7 Å². The lowest BCUT2D eigenvalue weighted by Gasteiger charge is -2.19. The Kier molecular flexibility index (Phi) is 6.81. The molecule has 0 heterocycles. The van der Waals surface area contributed by atoms with Gasteiger partial charge >= 0.3 is 5.97 Å². The molecule has 176 valence electrons. The van der Waals surface area contributed by atoms with E-state index in [-0.39, 0.29) is 16.5 Å². The van der Waals surface area contributed by atoms with Gasteiger partial charge in [0.2, 0.25) is 16.1 Å². The number of carbonyl (C=O) groups excluding carboxylic acids is 2. The van der Waals surface area contributed by atoms with Crippen molar-refractivity contribution in [3.8, 4) is 0 Å². The minimum atomic E-state index is -3.74. The maximum atomic E-state index is 13.2. The number of esters is 1. The Morgan fingerprint density at radius 3 is 2.38 bits per heavy atom. The van der Waals surface area contributed by atoms with Gasteiger partial charge in [0.15, 0.2) is 0 Å². The van der Waals surface area contributed by atoms with Crippen LogP contribution in [-0.2, 0) is 19.6 Å². The highest BCUT2D eigenvalue weighted by Crippen LogP contribution is 2.25. The van der Waals surface area contributed by atoms with Gasteiger partial charge in [-0.15, -0.1) is 0 Å². The van der Waals surface area contributed by atoms with Crippen LogP contribution < -0.4 is 10.0 Å². The summed E-state index contributed by atoms with van der Waals surface area (Å²) in [5, 5.41) is 2.85. The van der Waals surface area contributed by atoms with E-state index >= 15 is 0 Å². The largest absolute Gasteiger partial charge is 0.444 e.